The molecule has 0 radical (unpaired) electrons. The zero-order valence-corrected chi connectivity index (χ0v) is 13.2. The lowest BCUT2D eigenvalue weighted by Crippen LogP contribution is -2.13. The first kappa shape index (κ1) is 14.1. The van der Waals surface area contributed by atoms with Crippen LogP contribution >= 0.6 is 11.3 Å². The molecule has 0 saturated heterocycles. The zero-order chi connectivity index (χ0) is 15.6. The lowest BCUT2D eigenvalue weighted by atomic mass is 10.1. The molecule has 3 aromatic rings. The van der Waals surface area contributed by atoms with E-state index in [-0.39, 0.29) is 11.8 Å². The molecule has 1 amide bonds. The number of rotatable bonds is 4. The highest BCUT2D eigenvalue weighted by Gasteiger charge is 2.29. The number of benzene rings is 1. The second-order valence-electron chi connectivity index (χ2n) is 5.60. The van der Waals surface area contributed by atoms with Crippen molar-refractivity contribution in [3.8, 4) is 22.0 Å². The summed E-state index contributed by atoms with van der Waals surface area (Å²) in [5.41, 5.74) is 3.60. The van der Waals surface area contributed by atoms with Crippen LogP contribution in [0.25, 0.3) is 22.0 Å². The first-order chi connectivity index (χ1) is 11.3. The fourth-order valence-corrected chi connectivity index (χ4v) is 3.16. The van der Waals surface area contributed by atoms with Gasteiger partial charge in [-0.15, -0.1) is 11.3 Å². The number of thiazole rings is 1. The molecule has 5 heteroatoms. The number of anilines is 1. The van der Waals surface area contributed by atoms with Gasteiger partial charge in [-0.1, -0.05) is 18.2 Å². The van der Waals surface area contributed by atoms with Crippen LogP contribution in [0.3, 0.4) is 0 Å². The number of hydrogen-bond acceptors (Lipinski definition) is 4. The minimum atomic E-state index is 0.120. The molecule has 1 fully saturated rings. The van der Waals surface area contributed by atoms with Gasteiger partial charge in [-0.25, -0.2) is 4.98 Å². The van der Waals surface area contributed by atoms with Crippen molar-refractivity contribution in [1.82, 2.24) is 9.97 Å². The molecule has 1 aliphatic rings. The minimum Gasteiger partial charge on any atom is -0.326 e. The molecule has 1 saturated carbocycles. The van der Waals surface area contributed by atoms with E-state index in [4.69, 9.17) is 0 Å². The van der Waals surface area contributed by atoms with Gasteiger partial charge in [0.2, 0.25) is 5.91 Å². The van der Waals surface area contributed by atoms with Gasteiger partial charge < -0.3 is 5.32 Å². The Labute approximate surface area is 138 Å². The van der Waals surface area contributed by atoms with E-state index >= 15 is 0 Å². The van der Waals surface area contributed by atoms with Crippen LogP contribution in [0.4, 0.5) is 5.69 Å². The highest BCUT2D eigenvalue weighted by Crippen LogP contribution is 2.32. The van der Waals surface area contributed by atoms with E-state index in [1.54, 1.807) is 17.5 Å². The van der Waals surface area contributed by atoms with Crippen LogP contribution in [0.5, 0.6) is 0 Å². The number of nitrogens with zero attached hydrogens (tertiary/aromatic N) is 2. The highest BCUT2D eigenvalue weighted by molar-refractivity contribution is 7.13. The molecule has 1 N–H and O–H groups in total. The smallest absolute Gasteiger partial charge is 0.227 e. The van der Waals surface area contributed by atoms with Gasteiger partial charge >= 0.3 is 0 Å². The fourth-order valence-electron chi connectivity index (χ4n) is 2.36. The van der Waals surface area contributed by atoms with Crippen LogP contribution in [0, 0.1) is 5.92 Å². The molecule has 0 bridgehead atoms. The Balaban J connectivity index is 1.58. The molecule has 23 heavy (non-hydrogen) atoms. The van der Waals surface area contributed by atoms with Crippen LogP contribution in [0.15, 0.2) is 54.0 Å². The highest BCUT2D eigenvalue weighted by atomic mass is 32.1. The van der Waals surface area contributed by atoms with Gasteiger partial charge in [0.25, 0.3) is 0 Å². The largest absolute Gasteiger partial charge is 0.326 e. The minimum absolute atomic E-state index is 0.120. The SMILES string of the molecule is O=C(Nc1cccc(-c2csc(-c3ccccn3)n2)c1)C1CC1. The molecule has 0 atom stereocenters. The first-order valence-corrected chi connectivity index (χ1v) is 8.46. The predicted molar refractivity (Wildman–Crippen MR) is 92.1 cm³/mol. The van der Waals surface area contributed by atoms with E-state index in [0.29, 0.717) is 0 Å². The number of carbonyl (C=O) groups excluding carboxylic acids is 1. The first-order valence-electron chi connectivity index (χ1n) is 7.58. The average molecular weight is 321 g/mol. The van der Waals surface area contributed by atoms with Crippen LogP contribution in [0.1, 0.15) is 12.8 Å². The van der Waals surface area contributed by atoms with Gasteiger partial charge in [0.15, 0.2) is 0 Å². The maximum atomic E-state index is 11.9. The van der Waals surface area contributed by atoms with Gasteiger partial charge in [-0.05, 0) is 37.1 Å². The monoisotopic (exact) mass is 321 g/mol. The number of hydrogen-bond donors (Lipinski definition) is 1. The molecule has 4 nitrogen and oxygen atoms in total. The molecule has 1 aromatic carbocycles. The molecule has 0 aliphatic heterocycles. The van der Waals surface area contributed by atoms with Crippen molar-refractivity contribution in [2.75, 3.05) is 5.32 Å². The summed E-state index contributed by atoms with van der Waals surface area (Å²) in [7, 11) is 0. The molecule has 114 valence electrons. The van der Waals surface area contributed by atoms with E-state index in [1.165, 1.54) is 0 Å². The van der Waals surface area contributed by atoms with Crippen molar-refractivity contribution < 1.29 is 4.79 Å². The van der Waals surface area contributed by atoms with Crippen molar-refractivity contribution in [3.63, 3.8) is 0 Å². The number of amides is 1. The third kappa shape index (κ3) is 3.14. The Hall–Kier alpha value is -2.53. The van der Waals surface area contributed by atoms with Crippen LogP contribution in [-0.2, 0) is 4.79 Å². The molecular formula is C18H15N3OS. The van der Waals surface area contributed by atoms with Crippen LogP contribution < -0.4 is 5.32 Å². The normalized spacial score (nSPS) is 13.7. The topological polar surface area (TPSA) is 54.9 Å². The summed E-state index contributed by atoms with van der Waals surface area (Å²) in [5.74, 6) is 0.322. The Morgan fingerprint density at radius 2 is 2.04 bits per heavy atom. The number of pyridine rings is 1. The Morgan fingerprint density at radius 1 is 1.13 bits per heavy atom. The van der Waals surface area contributed by atoms with Gasteiger partial charge in [0.1, 0.15) is 5.01 Å². The summed E-state index contributed by atoms with van der Waals surface area (Å²) in [6.07, 6.45) is 3.78. The van der Waals surface area contributed by atoms with E-state index in [2.05, 4.69) is 15.3 Å². The maximum absolute atomic E-state index is 11.9. The second kappa shape index (κ2) is 5.93. The van der Waals surface area contributed by atoms with Gasteiger partial charge in [0.05, 0.1) is 11.4 Å². The summed E-state index contributed by atoms with van der Waals surface area (Å²) in [6.45, 7) is 0. The molecular weight excluding hydrogens is 306 g/mol. The number of carbonyl (C=O) groups is 1. The molecule has 2 aromatic heterocycles. The summed E-state index contributed by atoms with van der Waals surface area (Å²) in [6, 6.07) is 13.6. The third-order valence-electron chi connectivity index (χ3n) is 3.76. The van der Waals surface area contributed by atoms with E-state index < -0.39 is 0 Å². The summed E-state index contributed by atoms with van der Waals surface area (Å²) < 4.78 is 0. The van der Waals surface area contributed by atoms with E-state index in [0.717, 1.165) is 40.5 Å². The fraction of sp³-hybridized carbons (Fsp3) is 0.167. The quantitative estimate of drug-likeness (QED) is 0.782. The average Bonchev–Trinajstić information content (AvgIpc) is 3.33. The Morgan fingerprint density at radius 3 is 2.83 bits per heavy atom. The Bertz CT molecular complexity index is 840. The van der Waals surface area contributed by atoms with Gasteiger partial charge in [0, 0.05) is 28.7 Å². The maximum Gasteiger partial charge on any atom is 0.227 e. The molecule has 0 unspecified atom stereocenters. The lowest BCUT2D eigenvalue weighted by Gasteiger charge is -2.05. The number of aromatic nitrogens is 2. The third-order valence-corrected chi connectivity index (χ3v) is 4.63. The van der Waals surface area contributed by atoms with E-state index in [9.17, 15) is 4.79 Å². The van der Waals surface area contributed by atoms with Gasteiger partial charge in [-0.3, -0.25) is 9.78 Å². The Kier molecular flexibility index (Phi) is 3.63. The lowest BCUT2D eigenvalue weighted by molar-refractivity contribution is -0.117. The predicted octanol–water partition coefficient (Wildman–Crippen LogP) is 4.22. The van der Waals surface area contributed by atoms with E-state index in [1.807, 2.05) is 47.8 Å². The molecule has 1 aliphatic carbocycles. The van der Waals surface area contributed by atoms with Crippen molar-refractivity contribution in [1.29, 1.82) is 0 Å². The van der Waals surface area contributed by atoms with Crippen molar-refractivity contribution in [3.05, 3.63) is 54.0 Å². The summed E-state index contributed by atoms with van der Waals surface area (Å²) in [5, 5.41) is 5.89. The van der Waals surface area contributed by atoms with Crippen molar-refractivity contribution in [2.45, 2.75) is 12.8 Å². The van der Waals surface area contributed by atoms with Crippen molar-refractivity contribution in [2.24, 2.45) is 5.92 Å². The summed E-state index contributed by atoms with van der Waals surface area (Å²) in [4.78, 5) is 20.9. The zero-order valence-electron chi connectivity index (χ0n) is 12.4. The standard InChI is InChI=1S/C18H15N3OS/c22-17(12-7-8-12)20-14-5-3-4-13(10-14)16-11-23-18(21-16)15-6-1-2-9-19-15/h1-6,9-12H,7-8H2,(H,20,22). The van der Waals surface area contributed by atoms with Crippen molar-refractivity contribution >= 4 is 22.9 Å². The van der Waals surface area contributed by atoms with Crippen LogP contribution in [0.2, 0.25) is 0 Å². The number of nitrogens with one attached hydrogen (secondary N) is 1. The van der Waals surface area contributed by atoms with Crippen LogP contribution in [-0.4, -0.2) is 15.9 Å². The molecule has 0 spiro atoms. The summed E-state index contributed by atoms with van der Waals surface area (Å²) >= 11 is 1.57. The second-order valence-corrected chi connectivity index (χ2v) is 6.46. The molecule has 2 heterocycles. The molecule has 4 rings (SSSR count). The van der Waals surface area contributed by atoms with Gasteiger partial charge in [-0.2, -0.15) is 0 Å².